The van der Waals surface area contributed by atoms with Gasteiger partial charge in [0, 0.05) is 10.0 Å². The maximum atomic E-state index is 11.7. The molecule has 0 fully saturated rings. The van der Waals surface area contributed by atoms with Crippen molar-refractivity contribution in [3.05, 3.63) is 28.2 Å². The van der Waals surface area contributed by atoms with Crippen LogP contribution in [0.25, 0.3) is 0 Å². The fourth-order valence-electron chi connectivity index (χ4n) is 1.26. The van der Waals surface area contributed by atoms with E-state index in [2.05, 4.69) is 21.2 Å². The van der Waals surface area contributed by atoms with E-state index >= 15 is 0 Å². The normalized spacial score (nSPS) is 10.4. The van der Waals surface area contributed by atoms with Gasteiger partial charge in [-0.25, -0.2) is 0 Å². The van der Waals surface area contributed by atoms with E-state index in [1.165, 1.54) is 0 Å². The zero-order valence-corrected chi connectivity index (χ0v) is 12.6. The number of halogens is 1. The summed E-state index contributed by atoms with van der Waals surface area (Å²) in [5, 5.41) is 2.73. The second-order valence-corrected chi connectivity index (χ2v) is 5.32. The Balaban J connectivity index is 2.79. The van der Waals surface area contributed by atoms with Gasteiger partial charge < -0.3 is 15.8 Å². The highest BCUT2D eigenvalue weighted by atomic mass is 79.9. The van der Waals surface area contributed by atoms with Gasteiger partial charge in [-0.15, -0.1) is 0 Å². The summed E-state index contributed by atoms with van der Waals surface area (Å²) in [6.07, 6.45) is 0.00770. The molecule has 4 nitrogen and oxygen atoms in total. The Morgan fingerprint density at radius 1 is 1.56 bits per heavy atom. The molecule has 0 heterocycles. The topological polar surface area (TPSA) is 64.3 Å². The van der Waals surface area contributed by atoms with Crippen molar-refractivity contribution in [2.24, 2.45) is 5.73 Å². The lowest BCUT2D eigenvalue weighted by molar-refractivity contribution is -0.121. The van der Waals surface area contributed by atoms with E-state index < -0.39 is 0 Å². The molecule has 1 amide bonds. The predicted molar refractivity (Wildman–Crippen MR) is 79.7 cm³/mol. The van der Waals surface area contributed by atoms with Gasteiger partial charge in [-0.1, -0.05) is 28.1 Å². The maximum absolute atomic E-state index is 11.7. The Morgan fingerprint density at radius 2 is 2.22 bits per heavy atom. The number of nitrogens with one attached hydrogen (secondary N) is 1. The molecular weight excluding hydrogens is 316 g/mol. The summed E-state index contributed by atoms with van der Waals surface area (Å²) in [4.78, 5) is 11.9. The molecule has 98 valence electrons. The highest BCUT2D eigenvalue weighted by Crippen LogP contribution is 2.21. The maximum Gasteiger partial charge on any atom is 0.250 e. The summed E-state index contributed by atoms with van der Waals surface area (Å²) < 4.78 is 6.05. The minimum absolute atomic E-state index is 0.000946. The highest BCUT2D eigenvalue weighted by molar-refractivity contribution is 9.10. The lowest BCUT2D eigenvalue weighted by Crippen LogP contribution is -2.22. The number of ether oxygens (including phenoxy) is 1. The largest absolute Gasteiger partial charge is 0.389 e. The molecule has 0 aliphatic heterocycles. The molecule has 6 heteroatoms. The van der Waals surface area contributed by atoms with Gasteiger partial charge in [-0.2, -0.15) is 0 Å². The van der Waals surface area contributed by atoms with Gasteiger partial charge in [-0.05, 0) is 32.0 Å². The molecule has 18 heavy (non-hydrogen) atoms. The second-order valence-electron chi connectivity index (χ2n) is 3.96. The summed E-state index contributed by atoms with van der Waals surface area (Å²) in [6.45, 7) is 3.74. The molecule has 0 saturated heterocycles. The van der Waals surface area contributed by atoms with E-state index in [-0.39, 0.29) is 23.6 Å². The Hall–Kier alpha value is -0.980. The molecule has 0 aliphatic carbocycles. The van der Waals surface area contributed by atoms with Crippen molar-refractivity contribution < 1.29 is 9.53 Å². The molecule has 0 radical (unpaired) electrons. The van der Waals surface area contributed by atoms with Gasteiger partial charge in [0.15, 0.2) is 0 Å². The molecule has 0 unspecified atom stereocenters. The van der Waals surface area contributed by atoms with Gasteiger partial charge >= 0.3 is 0 Å². The summed E-state index contributed by atoms with van der Waals surface area (Å²) in [5.41, 5.74) is 6.80. The molecular formula is C12H15BrN2O2S. The third kappa shape index (κ3) is 4.72. The van der Waals surface area contributed by atoms with Gasteiger partial charge in [0.25, 0.3) is 0 Å². The Bertz CT molecular complexity index is 463. The lowest BCUT2D eigenvalue weighted by Gasteiger charge is -2.12. The number of amides is 1. The first-order valence-electron chi connectivity index (χ1n) is 5.41. The van der Waals surface area contributed by atoms with Crippen molar-refractivity contribution in [2.75, 3.05) is 11.9 Å². The predicted octanol–water partition coefficient (Wildman–Crippen LogP) is 2.45. The number of carbonyl (C=O) groups excluding carboxylic acids is 1. The molecule has 1 aromatic carbocycles. The zero-order valence-electron chi connectivity index (χ0n) is 10.2. The minimum atomic E-state index is -0.237. The zero-order chi connectivity index (χ0) is 13.7. The van der Waals surface area contributed by atoms with Crippen molar-refractivity contribution >= 4 is 44.7 Å². The van der Waals surface area contributed by atoms with Crippen LogP contribution in [0.2, 0.25) is 0 Å². The Kier molecular flexibility index (Phi) is 5.71. The van der Waals surface area contributed by atoms with Crippen LogP contribution in [0.1, 0.15) is 19.4 Å². The summed E-state index contributed by atoms with van der Waals surface area (Å²) in [7, 11) is 0. The van der Waals surface area contributed by atoms with E-state index in [4.69, 9.17) is 22.7 Å². The first-order chi connectivity index (χ1) is 8.40. The molecule has 3 N–H and O–H groups in total. The van der Waals surface area contributed by atoms with Gasteiger partial charge in [0.2, 0.25) is 5.91 Å². The molecule has 0 bridgehead atoms. The first-order valence-corrected chi connectivity index (χ1v) is 6.61. The van der Waals surface area contributed by atoms with E-state index in [0.717, 1.165) is 4.47 Å². The quantitative estimate of drug-likeness (QED) is 0.814. The van der Waals surface area contributed by atoms with Crippen LogP contribution >= 0.6 is 28.1 Å². The van der Waals surface area contributed by atoms with Crippen LogP contribution in [-0.4, -0.2) is 23.6 Å². The smallest absolute Gasteiger partial charge is 0.250 e. The number of nitrogens with two attached hydrogens (primary N) is 1. The van der Waals surface area contributed by atoms with E-state index in [1.807, 2.05) is 19.9 Å². The van der Waals surface area contributed by atoms with Crippen LogP contribution < -0.4 is 11.1 Å². The molecule has 1 rings (SSSR count). The Labute approximate surface area is 120 Å². The first kappa shape index (κ1) is 15.1. The van der Waals surface area contributed by atoms with Gasteiger partial charge in [-0.3, -0.25) is 4.79 Å². The molecule has 0 spiro atoms. The standard InChI is InChI=1S/C12H15BrN2O2S/c1-7(2)17-6-11(16)15-10-5-8(13)3-4-9(10)12(14)18/h3-5,7H,6H2,1-2H3,(H2,14,18)(H,15,16). The van der Waals surface area contributed by atoms with Crippen LogP contribution in [0.3, 0.4) is 0 Å². The number of hydrogen-bond acceptors (Lipinski definition) is 3. The van der Waals surface area contributed by atoms with Crippen molar-refractivity contribution in [3.63, 3.8) is 0 Å². The number of carbonyl (C=O) groups is 1. The number of anilines is 1. The van der Waals surface area contributed by atoms with Gasteiger partial charge in [0.1, 0.15) is 11.6 Å². The number of hydrogen-bond donors (Lipinski definition) is 2. The van der Waals surface area contributed by atoms with Crippen molar-refractivity contribution in [3.8, 4) is 0 Å². The molecule has 0 saturated carbocycles. The third-order valence-corrected chi connectivity index (χ3v) is 2.78. The van der Waals surface area contributed by atoms with Crippen LogP contribution in [-0.2, 0) is 9.53 Å². The summed E-state index contributed by atoms with van der Waals surface area (Å²) in [6, 6.07) is 5.32. The van der Waals surface area contributed by atoms with Crippen LogP contribution in [0, 0.1) is 0 Å². The van der Waals surface area contributed by atoms with Crippen molar-refractivity contribution in [1.82, 2.24) is 0 Å². The van der Waals surface area contributed by atoms with Crippen LogP contribution in [0.5, 0.6) is 0 Å². The fraction of sp³-hybridized carbons (Fsp3) is 0.333. The van der Waals surface area contributed by atoms with Crippen molar-refractivity contribution in [1.29, 1.82) is 0 Å². The highest BCUT2D eigenvalue weighted by Gasteiger charge is 2.10. The number of benzene rings is 1. The average molecular weight is 331 g/mol. The average Bonchev–Trinajstić information content (AvgIpc) is 2.26. The van der Waals surface area contributed by atoms with Crippen LogP contribution in [0.4, 0.5) is 5.69 Å². The number of rotatable bonds is 5. The lowest BCUT2D eigenvalue weighted by atomic mass is 10.2. The number of thiocarbonyl (C=S) groups is 1. The van der Waals surface area contributed by atoms with E-state index in [1.54, 1.807) is 12.1 Å². The van der Waals surface area contributed by atoms with E-state index in [9.17, 15) is 4.79 Å². The molecule has 0 aromatic heterocycles. The minimum Gasteiger partial charge on any atom is -0.389 e. The van der Waals surface area contributed by atoms with Gasteiger partial charge in [0.05, 0.1) is 11.8 Å². The second kappa shape index (κ2) is 6.82. The molecule has 1 aromatic rings. The monoisotopic (exact) mass is 330 g/mol. The van der Waals surface area contributed by atoms with Crippen LogP contribution in [0.15, 0.2) is 22.7 Å². The fourth-order valence-corrected chi connectivity index (χ4v) is 1.80. The molecule has 0 atom stereocenters. The Morgan fingerprint density at radius 3 is 2.78 bits per heavy atom. The SMILES string of the molecule is CC(C)OCC(=O)Nc1cc(Br)ccc1C(N)=S. The molecule has 0 aliphatic rings. The summed E-state index contributed by atoms with van der Waals surface area (Å²) in [5.74, 6) is -0.237. The van der Waals surface area contributed by atoms with Crippen molar-refractivity contribution in [2.45, 2.75) is 20.0 Å². The third-order valence-electron chi connectivity index (χ3n) is 2.07. The van der Waals surface area contributed by atoms with E-state index in [0.29, 0.717) is 11.3 Å². The summed E-state index contributed by atoms with van der Waals surface area (Å²) >= 11 is 8.26.